The van der Waals surface area contributed by atoms with Crippen LogP contribution in [0.1, 0.15) is 17.3 Å². The van der Waals surface area contributed by atoms with Gasteiger partial charge in [0.1, 0.15) is 4.90 Å². The van der Waals surface area contributed by atoms with E-state index in [1.165, 1.54) is 39.2 Å². The Labute approximate surface area is 157 Å². The third-order valence-electron chi connectivity index (χ3n) is 3.42. The van der Waals surface area contributed by atoms with E-state index < -0.39 is 15.9 Å². The van der Waals surface area contributed by atoms with Crippen molar-refractivity contribution in [3.05, 3.63) is 53.1 Å². The Hall–Kier alpha value is -2.42. The van der Waals surface area contributed by atoms with Gasteiger partial charge in [0.05, 0.1) is 5.02 Å². The fraction of sp³-hybridized carbons (Fsp3) is 0.176. The molecule has 0 unspecified atom stereocenters. The van der Waals surface area contributed by atoms with Crippen LogP contribution < -0.4 is 10.6 Å². The molecule has 26 heavy (non-hydrogen) atoms. The lowest BCUT2D eigenvalue weighted by molar-refractivity contribution is -0.114. The highest BCUT2D eigenvalue weighted by Gasteiger charge is 2.22. The van der Waals surface area contributed by atoms with Crippen molar-refractivity contribution in [2.45, 2.75) is 11.8 Å². The number of carbonyl (C=O) groups is 2. The van der Waals surface area contributed by atoms with Crippen LogP contribution in [0.2, 0.25) is 5.02 Å². The van der Waals surface area contributed by atoms with Gasteiger partial charge in [-0.05, 0) is 42.5 Å². The lowest BCUT2D eigenvalue weighted by Gasteiger charge is -2.14. The largest absolute Gasteiger partial charge is 0.326 e. The second-order valence-corrected chi connectivity index (χ2v) is 8.17. The second-order valence-electron chi connectivity index (χ2n) is 5.65. The number of rotatable bonds is 5. The summed E-state index contributed by atoms with van der Waals surface area (Å²) in [5.74, 6) is -0.679. The highest BCUT2D eigenvalue weighted by atomic mass is 35.5. The molecule has 0 heterocycles. The van der Waals surface area contributed by atoms with Gasteiger partial charge < -0.3 is 10.6 Å². The Balaban J connectivity index is 2.24. The van der Waals surface area contributed by atoms with Crippen molar-refractivity contribution in [3.8, 4) is 0 Å². The summed E-state index contributed by atoms with van der Waals surface area (Å²) in [4.78, 5) is 23.3. The maximum absolute atomic E-state index is 12.4. The van der Waals surface area contributed by atoms with Gasteiger partial charge in [0.15, 0.2) is 0 Å². The molecule has 0 aromatic heterocycles. The summed E-state index contributed by atoms with van der Waals surface area (Å²) in [6.45, 7) is 1.40. The highest BCUT2D eigenvalue weighted by molar-refractivity contribution is 7.89. The zero-order chi connectivity index (χ0) is 19.5. The van der Waals surface area contributed by atoms with E-state index in [1.807, 2.05) is 0 Å². The molecule has 0 aliphatic carbocycles. The van der Waals surface area contributed by atoms with Gasteiger partial charge in [-0.15, -0.1) is 0 Å². The van der Waals surface area contributed by atoms with E-state index in [9.17, 15) is 18.0 Å². The second kappa shape index (κ2) is 7.86. The van der Waals surface area contributed by atoms with Crippen LogP contribution in [-0.4, -0.2) is 38.6 Å². The lowest BCUT2D eigenvalue weighted by Crippen LogP contribution is -2.23. The third-order valence-corrected chi connectivity index (χ3v) is 5.71. The van der Waals surface area contributed by atoms with E-state index in [2.05, 4.69) is 10.6 Å². The number of amides is 2. The molecule has 0 aliphatic rings. The number of sulfonamides is 1. The first-order valence-corrected chi connectivity index (χ1v) is 9.34. The Kier molecular flexibility index (Phi) is 6.01. The van der Waals surface area contributed by atoms with Crippen LogP contribution in [-0.2, 0) is 14.8 Å². The van der Waals surface area contributed by atoms with E-state index in [0.717, 1.165) is 4.31 Å². The van der Waals surface area contributed by atoms with Crippen LogP contribution in [0.5, 0.6) is 0 Å². The predicted octanol–water partition coefficient (Wildman–Crippen LogP) is 2.80. The number of halogens is 1. The SMILES string of the molecule is CC(=O)Nc1ccc(NC(=O)c2ccc(Cl)c(S(=O)(=O)N(C)C)c2)cc1. The van der Waals surface area contributed by atoms with Crippen LogP contribution in [0.25, 0.3) is 0 Å². The van der Waals surface area contributed by atoms with Gasteiger partial charge in [0, 0.05) is 38.0 Å². The minimum absolute atomic E-state index is 0.0370. The summed E-state index contributed by atoms with van der Waals surface area (Å²) < 4.78 is 25.6. The number of carbonyl (C=O) groups excluding carboxylic acids is 2. The molecule has 2 amide bonds. The fourth-order valence-corrected chi connectivity index (χ4v) is 3.48. The number of nitrogens with one attached hydrogen (secondary N) is 2. The van der Waals surface area contributed by atoms with Crippen molar-refractivity contribution in [2.75, 3.05) is 24.7 Å². The van der Waals surface area contributed by atoms with Gasteiger partial charge in [-0.3, -0.25) is 9.59 Å². The first kappa shape index (κ1) is 19.9. The van der Waals surface area contributed by atoms with Crippen LogP contribution in [0, 0.1) is 0 Å². The van der Waals surface area contributed by atoms with Gasteiger partial charge >= 0.3 is 0 Å². The van der Waals surface area contributed by atoms with Crippen LogP contribution in [0.15, 0.2) is 47.4 Å². The Morgan fingerprint density at radius 1 is 0.962 bits per heavy atom. The monoisotopic (exact) mass is 395 g/mol. The standard InChI is InChI=1S/C17H18ClN3O4S/c1-11(22)19-13-5-7-14(8-6-13)20-17(23)12-4-9-15(18)16(10-12)26(24,25)21(2)3/h4-10H,1-3H3,(H,19,22)(H,20,23). The van der Waals surface area contributed by atoms with Gasteiger partial charge in [-0.25, -0.2) is 12.7 Å². The van der Waals surface area contributed by atoms with Gasteiger partial charge in [0.25, 0.3) is 5.91 Å². The van der Waals surface area contributed by atoms with Crippen LogP contribution >= 0.6 is 11.6 Å². The third kappa shape index (κ3) is 4.60. The van der Waals surface area contributed by atoms with E-state index in [1.54, 1.807) is 24.3 Å². The molecular weight excluding hydrogens is 378 g/mol. The summed E-state index contributed by atoms with van der Waals surface area (Å²) in [6.07, 6.45) is 0. The fourth-order valence-electron chi connectivity index (χ4n) is 2.08. The molecule has 0 fully saturated rings. The van der Waals surface area contributed by atoms with Crippen molar-refractivity contribution in [1.29, 1.82) is 0 Å². The van der Waals surface area contributed by atoms with E-state index in [4.69, 9.17) is 11.6 Å². The minimum atomic E-state index is -3.77. The number of hydrogen-bond acceptors (Lipinski definition) is 4. The van der Waals surface area contributed by atoms with E-state index >= 15 is 0 Å². The number of anilines is 2. The summed E-state index contributed by atoms with van der Waals surface area (Å²) in [5, 5.41) is 5.32. The van der Waals surface area contributed by atoms with Crippen molar-refractivity contribution < 1.29 is 18.0 Å². The van der Waals surface area contributed by atoms with Crippen molar-refractivity contribution in [3.63, 3.8) is 0 Å². The van der Waals surface area contributed by atoms with Gasteiger partial charge in [-0.2, -0.15) is 0 Å². The lowest BCUT2D eigenvalue weighted by atomic mass is 10.2. The molecule has 7 nitrogen and oxygen atoms in total. The average Bonchev–Trinajstić information content (AvgIpc) is 2.56. The summed E-state index contributed by atoms with van der Waals surface area (Å²) in [5.41, 5.74) is 1.25. The molecular formula is C17H18ClN3O4S. The first-order valence-electron chi connectivity index (χ1n) is 7.52. The molecule has 0 saturated heterocycles. The van der Waals surface area contributed by atoms with E-state index in [0.29, 0.717) is 11.4 Å². The topological polar surface area (TPSA) is 95.6 Å². The summed E-state index contributed by atoms with van der Waals surface area (Å²) in [7, 11) is -1.00. The molecule has 0 aliphatic heterocycles. The quantitative estimate of drug-likeness (QED) is 0.813. The van der Waals surface area contributed by atoms with Gasteiger partial charge in [0.2, 0.25) is 15.9 Å². The predicted molar refractivity (Wildman–Crippen MR) is 101 cm³/mol. The maximum Gasteiger partial charge on any atom is 0.255 e. The van der Waals surface area contributed by atoms with Crippen LogP contribution in [0.3, 0.4) is 0 Å². The zero-order valence-electron chi connectivity index (χ0n) is 14.4. The zero-order valence-corrected chi connectivity index (χ0v) is 16.0. The molecule has 0 bridgehead atoms. The first-order chi connectivity index (χ1) is 12.1. The molecule has 0 atom stereocenters. The van der Waals surface area contributed by atoms with Crippen LogP contribution in [0.4, 0.5) is 11.4 Å². The van der Waals surface area contributed by atoms with E-state index in [-0.39, 0.29) is 21.4 Å². The number of nitrogens with zero attached hydrogens (tertiary/aromatic N) is 1. The number of benzene rings is 2. The average molecular weight is 396 g/mol. The molecule has 9 heteroatoms. The molecule has 0 radical (unpaired) electrons. The summed E-state index contributed by atoms with van der Waals surface area (Å²) in [6, 6.07) is 10.6. The maximum atomic E-state index is 12.4. The highest BCUT2D eigenvalue weighted by Crippen LogP contribution is 2.25. The van der Waals surface area contributed by atoms with Gasteiger partial charge in [-0.1, -0.05) is 11.6 Å². The molecule has 2 N–H and O–H groups in total. The molecule has 2 rings (SSSR count). The number of hydrogen-bond donors (Lipinski definition) is 2. The Morgan fingerprint density at radius 3 is 2.00 bits per heavy atom. The Morgan fingerprint density at radius 2 is 1.50 bits per heavy atom. The molecule has 2 aromatic rings. The molecule has 0 saturated carbocycles. The molecule has 138 valence electrons. The smallest absolute Gasteiger partial charge is 0.255 e. The van der Waals surface area contributed by atoms with Crippen molar-refractivity contribution in [1.82, 2.24) is 4.31 Å². The van der Waals surface area contributed by atoms with Crippen molar-refractivity contribution in [2.24, 2.45) is 0 Å². The van der Waals surface area contributed by atoms with Crippen molar-refractivity contribution >= 4 is 44.8 Å². The Bertz CT molecular complexity index is 941. The minimum Gasteiger partial charge on any atom is -0.326 e. The normalized spacial score (nSPS) is 11.3. The molecule has 0 spiro atoms. The molecule has 2 aromatic carbocycles. The summed E-state index contributed by atoms with van der Waals surface area (Å²) >= 11 is 5.98.